The van der Waals surface area contributed by atoms with E-state index in [2.05, 4.69) is 126 Å². The van der Waals surface area contributed by atoms with Crippen LogP contribution >= 0.6 is 0 Å². The Hall–Kier alpha value is -5.08. The van der Waals surface area contributed by atoms with Crippen LogP contribution in [-0.2, 0) is 48.6 Å². The molecule has 0 saturated carbocycles. The number of benzene rings is 7. The summed E-state index contributed by atoms with van der Waals surface area (Å²) < 4.78 is 25.8. The van der Waals surface area contributed by atoms with Gasteiger partial charge in [-0.1, -0.05) is 58.0 Å². The number of phenols is 1. The Kier molecular flexibility index (Phi) is 19.2. The summed E-state index contributed by atoms with van der Waals surface area (Å²) in [5, 5.41) is 10.4. The van der Waals surface area contributed by atoms with Crippen molar-refractivity contribution < 1.29 is 66.2 Å². The van der Waals surface area contributed by atoms with Crippen molar-refractivity contribution in [3.05, 3.63) is 189 Å². The summed E-state index contributed by atoms with van der Waals surface area (Å²) in [5.41, 5.74) is 24.2. The van der Waals surface area contributed by atoms with E-state index in [1.807, 2.05) is 79.7 Å². The first-order chi connectivity index (χ1) is 31.9. The molecular weight excluding hydrogens is 1200 g/mol. The molecule has 70 heavy (non-hydrogen) atoms. The maximum atomic E-state index is 10.4. The van der Waals surface area contributed by atoms with Gasteiger partial charge < -0.3 is 24.1 Å². The Labute approximate surface area is 448 Å². The molecule has 0 aliphatic carbocycles. The van der Waals surface area contributed by atoms with Gasteiger partial charge in [0.2, 0.25) is 0 Å². The number of hydrogen-bond donors (Lipinski definition) is 1. The Morgan fingerprint density at radius 3 is 0.843 bits per heavy atom. The van der Waals surface area contributed by atoms with Crippen LogP contribution in [0.25, 0.3) is 0 Å². The first kappa shape index (κ1) is 57.5. The van der Waals surface area contributed by atoms with Gasteiger partial charge in [-0.15, -0.1) is 24.3 Å². The fraction of sp³-hybridized carbons (Fsp3) is 0.333. The van der Waals surface area contributed by atoms with E-state index in [0.717, 1.165) is 141 Å². The van der Waals surface area contributed by atoms with Crippen LogP contribution in [0.4, 0.5) is 0 Å². The van der Waals surface area contributed by atoms with Crippen molar-refractivity contribution in [2.75, 3.05) is 0 Å². The van der Waals surface area contributed by atoms with Crippen molar-refractivity contribution >= 4 is 0 Å². The maximum Gasteiger partial charge on any atom is 0.134 e. The molecule has 7 rings (SSSR count). The second-order valence-corrected chi connectivity index (χ2v) is 19.5. The molecule has 0 amide bonds. The Morgan fingerprint density at radius 1 is 0.300 bits per heavy atom. The molecule has 0 aliphatic rings. The number of ether oxygens (including phenoxy) is 4. The number of hydrogen-bond acceptors (Lipinski definition) is 5. The van der Waals surface area contributed by atoms with Crippen LogP contribution in [0.5, 0.6) is 51.7 Å². The molecule has 0 heterocycles. The topological polar surface area (TPSA) is 57.2 Å². The van der Waals surface area contributed by atoms with Crippen molar-refractivity contribution in [3.8, 4) is 51.7 Å². The van der Waals surface area contributed by atoms with E-state index < -0.39 is 0 Å². The van der Waals surface area contributed by atoms with E-state index >= 15 is 0 Å². The van der Waals surface area contributed by atoms with Crippen LogP contribution < -0.4 is 18.9 Å². The largest absolute Gasteiger partial charge is 0.507 e. The van der Waals surface area contributed by atoms with E-state index in [1.54, 1.807) is 0 Å². The predicted octanol–water partition coefficient (Wildman–Crippen LogP) is 17.6. The molecule has 1 N–H and O–H groups in total. The molecule has 0 bridgehead atoms. The van der Waals surface area contributed by atoms with Gasteiger partial charge in [-0.05, 0) is 217 Å². The zero-order chi connectivity index (χ0) is 50.2. The average molecular weight is 1280 g/mol. The minimum absolute atomic E-state index is 0. The number of phenolic OH excluding ortho intramolecular Hbond substituents is 1. The summed E-state index contributed by atoms with van der Waals surface area (Å²) in [6, 6.07) is 25.9. The van der Waals surface area contributed by atoms with Crippen molar-refractivity contribution in [1.82, 2.24) is 0 Å². The molecular formula is C63H72O5W2-2. The fourth-order valence-corrected chi connectivity index (χ4v) is 9.40. The molecule has 368 valence electrons. The van der Waals surface area contributed by atoms with Crippen LogP contribution in [0.15, 0.2) is 54.6 Å². The van der Waals surface area contributed by atoms with Crippen LogP contribution in [0.2, 0.25) is 0 Å². The molecule has 7 heteroatoms. The van der Waals surface area contributed by atoms with Gasteiger partial charge in [-0.2, -0.15) is 34.4 Å². The van der Waals surface area contributed by atoms with Gasteiger partial charge in [0.1, 0.15) is 40.2 Å². The van der Waals surface area contributed by atoms with Gasteiger partial charge in [-0.3, -0.25) is 0 Å². The van der Waals surface area contributed by atoms with E-state index in [1.165, 1.54) is 33.4 Å². The maximum absolute atomic E-state index is 10.4. The smallest absolute Gasteiger partial charge is 0.134 e. The van der Waals surface area contributed by atoms with Crippen LogP contribution in [0.1, 0.15) is 122 Å². The van der Waals surface area contributed by atoms with Gasteiger partial charge in [-0.25, -0.2) is 0 Å². The standard InChI is InChI=1S/C33H34O2.C30H38O3.2W/c1-20-9-21(2)12-30(11-20)34-32-24(5)15-28(16-25(32)6)19-29-17-26(7)33(27(8)18-29)35-31-13-22(3)10-23(4)14-31;1-14-13-15(2)17(4)27(16(14)3)32-29-22(9)24(11)30(25(12)23(29)10)33-28-20(7)18(5)26(31)19(6)21(28)8;;/h11-18H,19H2,1-8H3;13,31H,1-12H3;;/q-2;;;. The van der Waals surface area contributed by atoms with Crippen LogP contribution in [0, 0.1) is 151 Å². The molecule has 0 aliphatic heterocycles. The molecule has 7 aromatic rings. The summed E-state index contributed by atoms with van der Waals surface area (Å²) in [4.78, 5) is 0. The Balaban J connectivity index is 0.000000297. The van der Waals surface area contributed by atoms with Crippen molar-refractivity contribution in [3.63, 3.8) is 0 Å². The van der Waals surface area contributed by atoms with Gasteiger partial charge in [0.25, 0.3) is 0 Å². The molecule has 0 saturated heterocycles. The quantitative estimate of drug-likeness (QED) is 0.138. The Morgan fingerprint density at radius 2 is 0.557 bits per heavy atom. The van der Waals surface area contributed by atoms with E-state index in [-0.39, 0.29) is 42.1 Å². The molecule has 7 aromatic carbocycles. The molecule has 0 fully saturated rings. The summed E-state index contributed by atoms with van der Waals surface area (Å²) in [6.45, 7) is 41.4. The minimum Gasteiger partial charge on any atom is -0.507 e. The Bertz CT molecular complexity index is 2830. The second kappa shape index (κ2) is 23.4. The fourth-order valence-electron chi connectivity index (χ4n) is 9.40. The SMILES string of the molecule is Cc1[c-]c(C)cc(Oc2c(C)cc(Cc3cc(C)c(Oc4cc(C)[c-]c(C)c4)c(C)c3)cc2C)c1.Cc1cc(C)c(C)c(Oc2c(C)c(C)c(Oc3c(C)c(C)c(O)c(C)c3C)c(C)c2C)c1C.[W].[W]. The molecule has 5 nitrogen and oxygen atoms in total. The third-order valence-corrected chi connectivity index (χ3v) is 13.8. The summed E-state index contributed by atoms with van der Waals surface area (Å²) in [7, 11) is 0. The molecule has 0 radical (unpaired) electrons. The van der Waals surface area contributed by atoms with Crippen LogP contribution in [-0.4, -0.2) is 5.11 Å². The monoisotopic (exact) mass is 1280 g/mol. The summed E-state index contributed by atoms with van der Waals surface area (Å²) in [5.74, 6) is 7.47. The van der Waals surface area contributed by atoms with Gasteiger partial charge in [0, 0.05) is 53.6 Å². The normalized spacial score (nSPS) is 10.7. The average Bonchev–Trinajstić information content (AvgIpc) is 3.25. The number of aromatic hydroxyl groups is 1. The number of rotatable bonds is 10. The summed E-state index contributed by atoms with van der Waals surface area (Å²) >= 11 is 0. The van der Waals surface area contributed by atoms with Gasteiger partial charge >= 0.3 is 0 Å². The molecule has 0 atom stereocenters. The molecule has 0 aromatic heterocycles. The minimum atomic E-state index is 0. The zero-order valence-electron chi connectivity index (χ0n) is 45.3. The first-order valence-electron chi connectivity index (χ1n) is 23.8. The van der Waals surface area contributed by atoms with Gasteiger partial charge in [0.15, 0.2) is 0 Å². The van der Waals surface area contributed by atoms with Crippen molar-refractivity contribution in [2.45, 2.75) is 145 Å². The predicted molar refractivity (Wildman–Crippen MR) is 282 cm³/mol. The van der Waals surface area contributed by atoms with Crippen molar-refractivity contribution in [1.29, 1.82) is 0 Å². The number of aryl methyl sites for hydroxylation is 10. The van der Waals surface area contributed by atoms with Gasteiger partial charge in [0.05, 0.1) is 0 Å². The van der Waals surface area contributed by atoms with E-state index in [0.29, 0.717) is 5.75 Å². The molecule has 0 unspecified atom stereocenters. The zero-order valence-corrected chi connectivity index (χ0v) is 51.2. The summed E-state index contributed by atoms with van der Waals surface area (Å²) in [6.07, 6.45) is 0.862. The first-order valence-corrected chi connectivity index (χ1v) is 23.8. The third kappa shape index (κ3) is 12.5. The van der Waals surface area contributed by atoms with E-state index in [4.69, 9.17) is 18.9 Å². The van der Waals surface area contributed by atoms with E-state index in [9.17, 15) is 5.11 Å². The molecule has 0 spiro atoms. The van der Waals surface area contributed by atoms with Crippen LogP contribution in [0.3, 0.4) is 0 Å². The third-order valence-electron chi connectivity index (χ3n) is 13.8. The second-order valence-electron chi connectivity index (χ2n) is 19.5. The van der Waals surface area contributed by atoms with Crippen molar-refractivity contribution in [2.24, 2.45) is 0 Å².